The van der Waals surface area contributed by atoms with Gasteiger partial charge in [0.1, 0.15) is 30.3 Å². The fourth-order valence-corrected chi connectivity index (χ4v) is 4.00. The Hall–Kier alpha value is -1.92. The van der Waals surface area contributed by atoms with E-state index in [9.17, 15) is 19.3 Å². The van der Waals surface area contributed by atoms with Crippen LogP contribution in [-0.4, -0.2) is 80.9 Å². The second kappa shape index (κ2) is 14.9. The van der Waals surface area contributed by atoms with Crippen molar-refractivity contribution in [3.05, 3.63) is 33.9 Å². The Morgan fingerprint density at radius 1 is 1.24 bits per heavy atom. The number of benzene rings is 1. The molecule has 2 heterocycles. The number of hydrogen-bond donors (Lipinski definition) is 1. The summed E-state index contributed by atoms with van der Waals surface area (Å²) in [6.07, 6.45) is 3.97. The first-order chi connectivity index (χ1) is 17.5. The lowest BCUT2D eigenvalue weighted by atomic mass is 9.95. The number of ether oxygens (including phenoxy) is 3. The summed E-state index contributed by atoms with van der Waals surface area (Å²) in [5, 5.41) is 10.6. The summed E-state index contributed by atoms with van der Waals surface area (Å²) in [6.45, 7) is 13.7. The number of fused-ring (bicyclic) bond motifs is 1. The first kappa shape index (κ1) is 31.3. The van der Waals surface area contributed by atoms with Gasteiger partial charge in [-0.15, -0.1) is 0 Å². The Balaban J connectivity index is 0.000000717. The van der Waals surface area contributed by atoms with Crippen LogP contribution in [-0.2, 0) is 36.6 Å². The number of carbonyl (C=O) groups excluding carboxylic acids is 2. The van der Waals surface area contributed by atoms with E-state index in [0.29, 0.717) is 53.9 Å². The molecule has 0 aromatic heterocycles. The zero-order valence-electron chi connectivity index (χ0n) is 22.6. The number of phenolic OH excluding ortho intramolecular Hbond substituents is 1. The molecule has 11 heteroatoms. The minimum atomic E-state index is -1.65. The quantitative estimate of drug-likeness (QED) is 0.256. The molecule has 0 bridgehead atoms. The molecule has 2 aliphatic heterocycles. The van der Waals surface area contributed by atoms with Gasteiger partial charge in [0, 0.05) is 37.2 Å². The summed E-state index contributed by atoms with van der Waals surface area (Å²) in [5.41, 5.74) is 3.16. The molecule has 1 fully saturated rings. The molecule has 1 saturated heterocycles. The van der Waals surface area contributed by atoms with Gasteiger partial charge < -0.3 is 28.4 Å². The third-order valence-electron chi connectivity index (χ3n) is 6.48. The van der Waals surface area contributed by atoms with E-state index >= 15 is 0 Å². The summed E-state index contributed by atoms with van der Waals surface area (Å²) in [7, 11) is 0.483. The van der Waals surface area contributed by atoms with Gasteiger partial charge in [0.25, 0.3) is 0 Å². The molecule has 0 spiro atoms. The van der Waals surface area contributed by atoms with Crippen molar-refractivity contribution < 1.29 is 38.0 Å². The normalized spacial score (nSPS) is 15.9. The van der Waals surface area contributed by atoms with Crippen LogP contribution in [0.3, 0.4) is 0 Å². The second-order valence-corrected chi connectivity index (χ2v) is 13.7. The minimum absolute atomic E-state index is 0.0982. The molecule has 0 radical (unpaired) electrons. The van der Waals surface area contributed by atoms with Crippen LogP contribution in [0.15, 0.2) is 11.6 Å². The van der Waals surface area contributed by atoms with Crippen molar-refractivity contribution in [3.8, 4) is 11.5 Å². The van der Waals surface area contributed by atoms with Crippen LogP contribution in [0.2, 0.25) is 0 Å². The van der Waals surface area contributed by atoms with Crippen LogP contribution >= 0.6 is 16.6 Å². The van der Waals surface area contributed by atoms with Crippen molar-refractivity contribution in [2.75, 3.05) is 58.9 Å². The molecular formula is C26H41NO8P2. The fourth-order valence-electron chi connectivity index (χ4n) is 3.74. The third-order valence-corrected chi connectivity index (χ3v) is 8.24. The van der Waals surface area contributed by atoms with Crippen molar-refractivity contribution in [2.45, 2.75) is 46.6 Å². The molecule has 1 atom stereocenters. The van der Waals surface area contributed by atoms with E-state index in [4.69, 9.17) is 18.7 Å². The first-order valence-electron chi connectivity index (χ1n) is 12.5. The number of phenols is 1. The number of hydrogen-bond acceptors (Lipinski definition) is 9. The van der Waals surface area contributed by atoms with Crippen molar-refractivity contribution in [1.82, 2.24) is 4.90 Å². The first-order valence-corrected chi connectivity index (χ1v) is 15.8. The van der Waals surface area contributed by atoms with Crippen molar-refractivity contribution >= 4 is 28.5 Å². The average molecular weight is 558 g/mol. The maximum absolute atomic E-state index is 12.1. The lowest BCUT2D eigenvalue weighted by Gasteiger charge is -2.26. The molecule has 37 heavy (non-hydrogen) atoms. The number of rotatable bonds is 10. The van der Waals surface area contributed by atoms with E-state index in [1.807, 2.05) is 19.9 Å². The molecule has 1 unspecified atom stereocenters. The highest BCUT2D eigenvalue weighted by Crippen LogP contribution is 2.43. The van der Waals surface area contributed by atoms with Crippen LogP contribution in [0.1, 0.15) is 53.7 Å². The van der Waals surface area contributed by atoms with Gasteiger partial charge in [-0.2, -0.15) is 0 Å². The molecule has 208 valence electrons. The zero-order chi connectivity index (χ0) is 27.6. The van der Waals surface area contributed by atoms with E-state index in [-0.39, 0.29) is 18.3 Å². The van der Waals surface area contributed by atoms with E-state index in [2.05, 4.69) is 14.4 Å². The highest BCUT2D eigenvalue weighted by atomic mass is 31.2. The number of cyclic esters (lactones) is 1. The molecule has 1 aromatic carbocycles. The Labute approximate surface area is 222 Å². The minimum Gasteiger partial charge on any atom is -0.507 e. The largest absolute Gasteiger partial charge is 0.507 e. The van der Waals surface area contributed by atoms with Gasteiger partial charge in [-0.25, -0.2) is 4.79 Å². The smallest absolute Gasteiger partial charge is 0.342 e. The summed E-state index contributed by atoms with van der Waals surface area (Å²) in [5.74, 6) is -0.260. The van der Waals surface area contributed by atoms with Gasteiger partial charge >= 0.3 is 11.9 Å². The van der Waals surface area contributed by atoms with Gasteiger partial charge in [0.2, 0.25) is 0 Å². The summed E-state index contributed by atoms with van der Waals surface area (Å²) in [6, 6.07) is 0. The van der Waals surface area contributed by atoms with Crippen molar-refractivity contribution in [3.63, 3.8) is 0 Å². The fraction of sp³-hybridized carbons (Fsp3) is 0.615. The average Bonchev–Trinajstić information content (AvgIpc) is 3.26. The van der Waals surface area contributed by atoms with Crippen molar-refractivity contribution in [2.24, 2.45) is 0 Å². The SMILES string of the molecule is C/C(=C\Cc1c(O)c(C)c2c(c1OP)C(=O)OC2)CCC(=O)OCCN1CCOCC1.CCP(C)(C)=O. The maximum Gasteiger partial charge on any atom is 0.342 e. The van der Waals surface area contributed by atoms with E-state index in [1.54, 1.807) is 20.3 Å². The number of esters is 2. The lowest BCUT2D eigenvalue weighted by Crippen LogP contribution is -2.38. The van der Waals surface area contributed by atoms with Crippen LogP contribution in [0.4, 0.5) is 0 Å². The van der Waals surface area contributed by atoms with Crippen LogP contribution in [0.25, 0.3) is 0 Å². The van der Waals surface area contributed by atoms with Gasteiger partial charge in [0.15, 0.2) is 0 Å². The van der Waals surface area contributed by atoms with Gasteiger partial charge in [-0.3, -0.25) is 9.69 Å². The van der Waals surface area contributed by atoms with E-state index < -0.39 is 13.1 Å². The van der Waals surface area contributed by atoms with Crippen molar-refractivity contribution in [1.29, 1.82) is 0 Å². The molecule has 1 aromatic rings. The number of aromatic hydroxyl groups is 1. The number of allylic oxidation sites excluding steroid dienone is 2. The molecule has 0 aliphatic carbocycles. The molecule has 1 N–H and O–H groups in total. The number of nitrogens with zero attached hydrogens (tertiary/aromatic N) is 1. The summed E-state index contributed by atoms with van der Waals surface area (Å²) in [4.78, 5) is 26.3. The summed E-state index contributed by atoms with van der Waals surface area (Å²) < 4.78 is 31.7. The van der Waals surface area contributed by atoms with E-state index in [1.165, 1.54) is 0 Å². The number of carbonyl (C=O) groups is 2. The topological polar surface area (TPSA) is 112 Å². The van der Waals surface area contributed by atoms with Gasteiger partial charge in [-0.1, -0.05) is 18.6 Å². The second-order valence-electron chi connectivity index (χ2n) is 9.65. The zero-order valence-corrected chi connectivity index (χ0v) is 24.7. The molecule has 3 rings (SSSR count). The van der Waals surface area contributed by atoms with E-state index in [0.717, 1.165) is 44.6 Å². The van der Waals surface area contributed by atoms with Crippen LogP contribution in [0.5, 0.6) is 11.5 Å². The van der Waals surface area contributed by atoms with Crippen LogP contribution in [0, 0.1) is 6.92 Å². The Morgan fingerprint density at radius 3 is 2.49 bits per heavy atom. The monoisotopic (exact) mass is 557 g/mol. The molecule has 9 nitrogen and oxygen atoms in total. The molecule has 2 aliphatic rings. The maximum atomic E-state index is 12.1. The lowest BCUT2D eigenvalue weighted by molar-refractivity contribution is -0.144. The highest BCUT2D eigenvalue weighted by molar-refractivity contribution is 7.62. The van der Waals surface area contributed by atoms with Gasteiger partial charge in [0.05, 0.1) is 29.8 Å². The number of morpholine rings is 1. The standard InChI is InChI=1S/C22H30NO7P.C4H11OP/c1-14(4-6-18(24)28-12-9-23-7-10-27-11-8-23)3-5-16-20(25)15(2)17-13-29-22(26)19(17)21(16)30-31;1-4-6(2,3)5/h3,25H,4-13,31H2,1-2H3;4H2,1-3H3/b14-3+;. The van der Waals surface area contributed by atoms with Crippen LogP contribution < -0.4 is 4.52 Å². The molecular weight excluding hydrogens is 516 g/mol. The van der Waals surface area contributed by atoms with Gasteiger partial charge in [-0.05, 0) is 51.7 Å². The predicted octanol–water partition coefficient (Wildman–Crippen LogP) is 4.31. The highest BCUT2D eigenvalue weighted by Gasteiger charge is 2.32. The summed E-state index contributed by atoms with van der Waals surface area (Å²) >= 11 is 0. The Bertz CT molecular complexity index is 1030. The Kier molecular flexibility index (Phi) is 12.6. The molecule has 0 saturated carbocycles. The Morgan fingerprint density at radius 2 is 1.89 bits per heavy atom. The molecule has 0 amide bonds. The predicted molar refractivity (Wildman–Crippen MR) is 147 cm³/mol. The third kappa shape index (κ3) is 9.72.